The van der Waals surface area contributed by atoms with Crippen LogP contribution in [0.1, 0.15) is 11.1 Å². The summed E-state index contributed by atoms with van der Waals surface area (Å²) >= 11 is 0. The van der Waals surface area contributed by atoms with Gasteiger partial charge in [-0.05, 0) is 11.0 Å². The predicted molar refractivity (Wildman–Crippen MR) is 98.5 cm³/mol. The van der Waals surface area contributed by atoms with Crippen LogP contribution in [0, 0.1) is 13.8 Å². The van der Waals surface area contributed by atoms with Gasteiger partial charge in [-0.2, -0.15) is 12.1 Å². The van der Waals surface area contributed by atoms with E-state index in [1.165, 1.54) is 32.7 Å². The molecule has 0 atom stereocenters. The van der Waals surface area contributed by atoms with Crippen LogP contribution in [-0.4, -0.2) is 11.0 Å². The Hall–Kier alpha value is -0.829. The molecule has 0 saturated heterocycles. The van der Waals surface area contributed by atoms with Gasteiger partial charge in [-0.15, -0.1) is 81.2 Å². The third kappa shape index (κ3) is 6.23. The summed E-state index contributed by atoms with van der Waals surface area (Å²) < 4.78 is 0. The molecule has 0 aliphatic rings. The topological polar surface area (TPSA) is 0 Å². The fraction of sp³-hybridized carbons (Fsp3) is 0.100. The van der Waals surface area contributed by atoms with Crippen LogP contribution in [0.15, 0.2) is 72.8 Å². The van der Waals surface area contributed by atoms with Gasteiger partial charge in [0.25, 0.3) is 0 Å². The second kappa shape index (κ2) is 11.7. The number of halogens is 2. The maximum absolute atomic E-state index is 2.20. The molecule has 0 unspecified atom stereocenters. The van der Waals surface area contributed by atoms with Crippen molar-refractivity contribution >= 4 is 32.5 Å². The van der Waals surface area contributed by atoms with Crippen molar-refractivity contribution in [1.82, 2.24) is 0 Å². The van der Waals surface area contributed by atoms with Crippen LogP contribution in [0.3, 0.4) is 0 Å². The Balaban J connectivity index is 0. The van der Waals surface area contributed by atoms with Crippen LogP contribution < -0.4 is 24.8 Å². The summed E-state index contributed by atoms with van der Waals surface area (Å²) in [5.74, 6) is 0. The third-order valence-corrected chi connectivity index (χ3v) is 3.52. The van der Waals surface area contributed by atoms with E-state index in [1.807, 2.05) is 0 Å². The standard InChI is InChI=1S/2C10H9.2ClH.H3Si.Ti/c2*1-8-6-9-4-2-3-5-10(9)7-8;;;;/h2*2-7H,1H3;2*1H;1H3;/q2*-1;;;;+4/p-2. The zero-order valence-electron chi connectivity index (χ0n) is 14.2. The molecule has 0 amide bonds. The molecule has 0 aliphatic heterocycles. The largest absolute Gasteiger partial charge is 4.00 e. The number of aryl methyl sites for hydroxylation is 2. The Bertz CT molecular complexity index is 711. The van der Waals surface area contributed by atoms with Crippen molar-refractivity contribution in [3.63, 3.8) is 0 Å². The van der Waals surface area contributed by atoms with Crippen molar-refractivity contribution in [2.45, 2.75) is 13.8 Å². The van der Waals surface area contributed by atoms with E-state index in [-0.39, 0.29) is 57.5 Å². The van der Waals surface area contributed by atoms with Gasteiger partial charge in [-0.1, -0.05) is 26.0 Å². The van der Waals surface area contributed by atoms with E-state index in [9.17, 15) is 0 Å². The fourth-order valence-corrected chi connectivity index (χ4v) is 2.61. The molecular weight excluding hydrogens is 387 g/mol. The zero-order chi connectivity index (χ0) is 13.9. The summed E-state index contributed by atoms with van der Waals surface area (Å²) in [6, 6.07) is 25.7. The van der Waals surface area contributed by atoms with E-state index in [2.05, 4.69) is 86.6 Å². The van der Waals surface area contributed by atoms with Crippen molar-refractivity contribution < 1.29 is 46.5 Å². The van der Waals surface area contributed by atoms with Crippen LogP contribution in [0.25, 0.3) is 21.5 Å². The van der Waals surface area contributed by atoms with Crippen LogP contribution in [0.5, 0.6) is 0 Å². The van der Waals surface area contributed by atoms with Gasteiger partial charge < -0.3 is 24.8 Å². The van der Waals surface area contributed by atoms with Gasteiger partial charge in [0.15, 0.2) is 0 Å². The summed E-state index contributed by atoms with van der Waals surface area (Å²) in [5, 5.41) is 5.39. The van der Waals surface area contributed by atoms with Crippen LogP contribution in [-0.2, 0) is 21.7 Å². The summed E-state index contributed by atoms with van der Waals surface area (Å²) in [6.07, 6.45) is 0. The van der Waals surface area contributed by atoms with Gasteiger partial charge in [0, 0.05) is 0 Å². The first-order chi connectivity index (χ1) is 9.72. The van der Waals surface area contributed by atoms with Gasteiger partial charge in [0.1, 0.15) is 0 Å². The Morgan fingerprint density at radius 1 is 0.625 bits per heavy atom. The second-order valence-electron chi connectivity index (χ2n) is 5.32. The maximum Gasteiger partial charge on any atom is 4.00 e. The average molecular weight is 408 g/mol. The molecule has 0 fully saturated rings. The average Bonchev–Trinajstić information content (AvgIpc) is 2.99. The zero-order valence-corrected chi connectivity index (χ0v) is 19.3. The van der Waals surface area contributed by atoms with Crippen molar-refractivity contribution in [3.8, 4) is 0 Å². The first-order valence-electron chi connectivity index (χ1n) is 6.96. The molecule has 24 heavy (non-hydrogen) atoms. The molecule has 4 heteroatoms. The molecule has 0 spiro atoms. The van der Waals surface area contributed by atoms with E-state index >= 15 is 0 Å². The molecule has 0 aliphatic carbocycles. The molecule has 4 aromatic carbocycles. The van der Waals surface area contributed by atoms with Crippen molar-refractivity contribution in [2.24, 2.45) is 0 Å². The SMILES string of the molecule is Cc1cc2ccccc2[cH-]1.Cc1cc2ccccc2[cH-]1.[Cl-].[Cl-].[SiH3].[Ti+4]. The monoisotopic (exact) mass is 407 g/mol. The quantitative estimate of drug-likeness (QED) is 0.247. The van der Waals surface area contributed by atoms with Crippen LogP contribution in [0.2, 0.25) is 0 Å². The van der Waals surface area contributed by atoms with Gasteiger partial charge in [0.2, 0.25) is 0 Å². The fourth-order valence-electron chi connectivity index (χ4n) is 2.61. The van der Waals surface area contributed by atoms with Gasteiger partial charge in [-0.3, -0.25) is 0 Å². The van der Waals surface area contributed by atoms with Crippen molar-refractivity contribution in [1.29, 1.82) is 0 Å². The Morgan fingerprint density at radius 3 is 1.29 bits per heavy atom. The number of hydrogen-bond acceptors (Lipinski definition) is 0. The first-order valence-corrected chi connectivity index (χ1v) is 6.96. The van der Waals surface area contributed by atoms with Crippen LogP contribution in [0.4, 0.5) is 0 Å². The Morgan fingerprint density at radius 2 is 0.958 bits per heavy atom. The van der Waals surface area contributed by atoms with E-state index in [0.717, 1.165) is 0 Å². The maximum atomic E-state index is 2.20. The first kappa shape index (κ1) is 25.4. The summed E-state index contributed by atoms with van der Waals surface area (Å²) in [4.78, 5) is 0. The summed E-state index contributed by atoms with van der Waals surface area (Å²) in [6.45, 7) is 4.25. The van der Waals surface area contributed by atoms with Crippen molar-refractivity contribution in [3.05, 3.63) is 83.9 Å². The molecule has 0 N–H and O–H groups in total. The van der Waals surface area contributed by atoms with E-state index < -0.39 is 0 Å². The number of fused-ring (bicyclic) bond motifs is 2. The molecule has 0 saturated carbocycles. The molecule has 123 valence electrons. The number of benzene rings is 2. The molecule has 0 aromatic heterocycles. The van der Waals surface area contributed by atoms with Gasteiger partial charge >= 0.3 is 21.7 Å². The number of hydrogen-bond donors (Lipinski definition) is 0. The smallest absolute Gasteiger partial charge is 1.00 e. The molecule has 4 rings (SSSR count). The predicted octanol–water partition coefficient (Wildman–Crippen LogP) is -1.44. The normalized spacial score (nSPS) is 8.75. The van der Waals surface area contributed by atoms with Gasteiger partial charge in [-0.25, -0.2) is 0 Å². The molecule has 0 heterocycles. The molecule has 1 radical (unpaired) electrons. The second-order valence-corrected chi connectivity index (χ2v) is 5.32. The van der Waals surface area contributed by atoms with Crippen molar-refractivity contribution in [2.75, 3.05) is 0 Å². The van der Waals surface area contributed by atoms with E-state index in [4.69, 9.17) is 0 Å². The minimum Gasteiger partial charge on any atom is -1.00 e. The third-order valence-electron chi connectivity index (χ3n) is 3.52. The minimum absolute atomic E-state index is 0. The van der Waals surface area contributed by atoms with Crippen LogP contribution >= 0.6 is 0 Å². The molecule has 0 nitrogen and oxygen atoms in total. The van der Waals surface area contributed by atoms with E-state index in [0.29, 0.717) is 0 Å². The summed E-state index contributed by atoms with van der Waals surface area (Å²) in [7, 11) is 0. The molecule has 0 bridgehead atoms. The number of rotatable bonds is 0. The van der Waals surface area contributed by atoms with E-state index in [1.54, 1.807) is 0 Å². The van der Waals surface area contributed by atoms with Gasteiger partial charge in [0.05, 0.1) is 0 Å². The molecular formula is C20H21Cl2SiTi. The Kier molecular flexibility index (Phi) is 12.4. The minimum atomic E-state index is 0. The Labute approximate surface area is 176 Å². The molecule has 4 aromatic rings. The summed E-state index contributed by atoms with van der Waals surface area (Å²) in [5.41, 5.74) is 2.70.